The molecule has 1 rings (SSSR count). The number of carbonyl (C=O) groups excluding carboxylic acids is 2. The summed E-state index contributed by atoms with van der Waals surface area (Å²) in [6, 6.07) is -0.00693. The minimum Gasteiger partial charge on any atom is -0.465 e. The third-order valence-corrected chi connectivity index (χ3v) is 3.42. The first-order chi connectivity index (χ1) is 8.75. The molecular formula is C14H26N2O3. The highest BCUT2D eigenvalue weighted by Gasteiger charge is 2.35. The molecule has 0 aromatic rings. The van der Waals surface area contributed by atoms with Gasteiger partial charge in [0.2, 0.25) is 5.91 Å². The Morgan fingerprint density at radius 1 is 1.37 bits per heavy atom. The molecule has 0 aromatic carbocycles. The summed E-state index contributed by atoms with van der Waals surface area (Å²) in [5, 5.41) is 0. The molecule has 1 amide bonds. The number of hydrogen-bond acceptors (Lipinski definition) is 4. The molecule has 0 aliphatic heterocycles. The van der Waals surface area contributed by atoms with Crippen molar-refractivity contribution in [1.82, 2.24) is 4.90 Å². The average Bonchev–Trinajstić information content (AvgIpc) is 3.08. The van der Waals surface area contributed by atoms with Crippen molar-refractivity contribution in [3.8, 4) is 0 Å². The minimum absolute atomic E-state index is 0.0435. The zero-order valence-electron chi connectivity index (χ0n) is 12.4. The summed E-state index contributed by atoms with van der Waals surface area (Å²) in [5.74, 6) is -0.384. The molecule has 1 atom stereocenters. The van der Waals surface area contributed by atoms with E-state index in [9.17, 15) is 9.59 Å². The van der Waals surface area contributed by atoms with E-state index < -0.39 is 0 Å². The van der Waals surface area contributed by atoms with Gasteiger partial charge in [0.25, 0.3) is 0 Å². The molecule has 1 fully saturated rings. The average molecular weight is 270 g/mol. The Balaban J connectivity index is 2.56. The van der Waals surface area contributed by atoms with Gasteiger partial charge in [0, 0.05) is 18.5 Å². The molecule has 5 heteroatoms. The van der Waals surface area contributed by atoms with Gasteiger partial charge in [0.05, 0.1) is 6.61 Å². The van der Waals surface area contributed by atoms with Gasteiger partial charge in [-0.1, -0.05) is 20.8 Å². The van der Waals surface area contributed by atoms with E-state index in [4.69, 9.17) is 10.5 Å². The van der Waals surface area contributed by atoms with Crippen LogP contribution in [0.15, 0.2) is 0 Å². The lowest BCUT2D eigenvalue weighted by Gasteiger charge is -2.29. The number of carbonyl (C=O) groups is 2. The van der Waals surface area contributed by atoms with E-state index in [1.807, 2.05) is 20.8 Å². The van der Waals surface area contributed by atoms with Gasteiger partial charge < -0.3 is 15.4 Å². The zero-order chi connectivity index (χ0) is 14.6. The van der Waals surface area contributed by atoms with Crippen LogP contribution in [0.1, 0.15) is 47.0 Å². The molecule has 5 nitrogen and oxygen atoms in total. The summed E-state index contributed by atoms with van der Waals surface area (Å²) in [6.07, 6.45) is 2.21. The number of nitrogens with zero attached hydrogens (tertiary/aromatic N) is 1. The Hall–Kier alpha value is -1.10. The van der Waals surface area contributed by atoms with E-state index in [0.29, 0.717) is 6.61 Å². The fraction of sp³-hybridized carbons (Fsp3) is 0.857. The van der Waals surface area contributed by atoms with Crippen LogP contribution < -0.4 is 5.73 Å². The van der Waals surface area contributed by atoms with Crippen LogP contribution in [0.2, 0.25) is 0 Å². The Labute approximate surface area is 115 Å². The van der Waals surface area contributed by atoms with Gasteiger partial charge in [-0.05, 0) is 25.2 Å². The molecule has 0 spiro atoms. The summed E-state index contributed by atoms with van der Waals surface area (Å²) < 4.78 is 4.91. The number of ether oxygens (including phenoxy) is 1. The molecule has 1 saturated carbocycles. The normalized spacial score (nSPS) is 16.9. The van der Waals surface area contributed by atoms with Crippen LogP contribution in [0, 0.1) is 5.41 Å². The highest BCUT2D eigenvalue weighted by Crippen LogP contribution is 2.28. The largest absolute Gasteiger partial charge is 0.465 e. The molecular weight excluding hydrogens is 244 g/mol. The van der Waals surface area contributed by atoms with Crippen LogP contribution in [-0.2, 0) is 14.3 Å². The highest BCUT2D eigenvalue weighted by atomic mass is 16.5. The van der Waals surface area contributed by atoms with E-state index in [0.717, 1.165) is 12.8 Å². The van der Waals surface area contributed by atoms with E-state index >= 15 is 0 Å². The second-order valence-corrected chi connectivity index (χ2v) is 6.23. The lowest BCUT2D eigenvalue weighted by Crippen LogP contribution is -2.44. The van der Waals surface area contributed by atoms with E-state index in [1.54, 1.807) is 11.8 Å². The predicted molar refractivity (Wildman–Crippen MR) is 73.4 cm³/mol. The van der Waals surface area contributed by atoms with E-state index in [-0.39, 0.29) is 42.3 Å². The molecule has 1 aliphatic carbocycles. The molecule has 0 saturated heterocycles. The van der Waals surface area contributed by atoms with Crippen molar-refractivity contribution in [2.45, 2.75) is 59.0 Å². The topological polar surface area (TPSA) is 72.6 Å². The van der Waals surface area contributed by atoms with Gasteiger partial charge in [-0.15, -0.1) is 0 Å². The molecule has 0 heterocycles. The summed E-state index contributed by atoms with van der Waals surface area (Å²) in [6.45, 7) is 8.19. The number of hydrogen-bond donors (Lipinski definition) is 1. The van der Waals surface area contributed by atoms with Crippen LogP contribution in [-0.4, -0.2) is 42.0 Å². The molecule has 110 valence electrons. The van der Waals surface area contributed by atoms with Gasteiger partial charge in [0.1, 0.15) is 6.54 Å². The third kappa shape index (κ3) is 5.19. The fourth-order valence-electron chi connectivity index (χ4n) is 1.76. The number of rotatable bonds is 6. The molecule has 0 radical (unpaired) electrons. The maximum absolute atomic E-state index is 12.3. The summed E-state index contributed by atoms with van der Waals surface area (Å²) >= 11 is 0. The van der Waals surface area contributed by atoms with Crippen LogP contribution in [0.3, 0.4) is 0 Å². The third-order valence-electron chi connectivity index (χ3n) is 3.42. The molecule has 1 aliphatic rings. The van der Waals surface area contributed by atoms with Crippen molar-refractivity contribution in [3.63, 3.8) is 0 Å². The highest BCUT2D eigenvalue weighted by molar-refractivity contribution is 5.83. The zero-order valence-corrected chi connectivity index (χ0v) is 12.4. The fourth-order valence-corrected chi connectivity index (χ4v) is 1.76. The van der Waals surface area contributed by atoms with E-state index in [1.165, 1.54) is 0 Å². The lowest BCUT2D eigenvalue weighted by atomic mass is 9.85. The summed E-state index contributed by atoms with van der Waals surface area (Å²) in [4.78, 5) is 25.4. The maximum atomic E-state index is 12.3. The minimum atomic E-state index is -0.341. The first-order valence-electron chi connectivity index (χ1n) is 6.96. The quantitative estimate of drug-likeness (QED) is 0.738. The molecule has 2 N–H and O–H groups in total. The molecule has 0 aromatic heterocycles. The molecule has 0 bridgehead atoms. The van der Waals surface area contributed by atoms with Gasteiger partial charge >= 0.3 is 5.97 Å². The Morgan fingerprint density at radius 2 is 1.95 bits per heavy atom. The predicted octanol–water partition coefficient (Wildman–Crippen LogP) is 1.30. The van der Waals surface area contributed by atoms with Gasteiger partial charge in [-0.2, -0.15) is 0 Å². The second-order valence-electron chi connectivity index (χ2n) is 6.23. The van der Waals surface area contributed by atoms with Crippen LogP contribution in [0.25, 0.3) is 0 Å². The Morgan fingerprint density at radius 3 is 2.37 bits per heavy atom. The summed E-state index contributed by atoms with van der Waals surface area (Å²) in [7, 11) is 0. The van der Waals surface area contributed by atoms with Crippen molar-refractivity contribution in [2.24, 2.45) is 11.1 Å². The Bertz CT molecular complexity index is 332. The lowest BCUT2D eigenvalue weighted by molar-refractivity contribution is -0.149. The number of esters is 1. The first kappa shape index (κ1) is 16.0. The van der Waals surface area contributed by atoms with Crippen molar-refractivity contribution in [3.05, 3.63) is 0 Å². The molecule has 1 unspecified atom stereocenters. The van der Waals surface area contributed by atoms with Crippen molar-refractivity contribution < 1.29 is 14.3 Å². The van der Waals surface area contributed by atoms with Gasteiger partial charge in [-0.25, -0.2) is 0 Å². The SMILES string of the molecule is CCOC(=O)CN(C(=O)CC(N)C(C)(C)C)C1CC1. The smallest absolute Gasteiger partial charge is 0.325 e. The number of nitrogens with two attached hydrogens (primary N) is 1. The second kappa shape index (κ2) is 6.37. The van der Waals surface area contributed by atoms with Crippen molar-refractivity contribution in [2.75, 3.05) is 13.2 Å². The standard InChI is InChI=1S/C14H26N2O3/c1-5-19-13(18)9-16(10-6-7-10)12(17)8-11(15)14(2,3)4/h10-11H,5-9,15H2,1-4H3. The van der Waals surface area contributed by atoms with Gasteiger partial charge in [-0.3, -0.25) is 9.59 Å². The van der Waals surface area contributed by atoms with Crippen LogP contribution >= 0.6 is 0 Å². The molecule has 19 heavy (non-hydrogen) atoms. The van der Waals surface area contributed by atoms with E-state index in [2.05, 4.69) is 0 Å². The van der Waals surface area contributed by atoms with Gasteiger partial charge in [0.15, 0.2) is 0 Å². The van der Waals surface area contributed by atoms with Crippen LogP contribution in [0.5, 0.6) is 0 Å². The summed E-state index contributed by atoms with van der Waals surface area (Å²) in [5.41, 5.74) is 5.92. The maximum Gasteiger partial charge on any atom is 0.325 e. The Kier molecular flexibility index (Phi) is 5.35. The van der Waals surface area contributed by atoms with Crippen molar-refractivity contribution in [1.29, 1.82) is 0 Å². The number of amides is 1. The first-order valence-corrected chi connectivity index (χ1v) is 6.96. The monoisotopic (exact) mass is 270 g/mol. The van der Waals surface area contributed by atoms with Crippen molar-refractivity contribution >= 4 is 11.9 Å². The van der Waals surface area contributed by atoms with Crippen LogP contribution in [0.4, 0.5) is 0 Å².